The van der Waals surface area contributed by atoms with Crippen LogP contribution in [0.5, 0.6) is 0 Å². The van der Waals surface area contributed by atoms with Crippen molar-refractivity contribution in [2.45, 2.75) is 38.5 Å². The average Bonchev–Trinajstić information content (AvgIpc) is 3.13. The number of aromatic nitrogens is 2. The fourth-order valence-corrected chi connectivity index (χ4v) is 3.03. The standard InChI is InChI=1S/C16H20F3N3O/c1-2-23-9-8-22-14-6-5-11(16(17,18)19)10-13(14)21-15(22)12-4-3-7-20-12/h5-6,10,12,20H,2-4,7-9H2,1H3. The Bertz CT molecular complexity index is 675. The summed E-state index contributed by atoms with van der Waals surface area (Å²) in [6.45, 7) is 4.54. The lowest BCUT2D eigenvalue weighted by Gasteiger charge is -2.14. The molecule has 1 aliphatic heterocycles. The second kappa shape index (κ2) is 6.49. The molecule has 1 saturated heterocycles. The second-order valence-corrected chi connectivity index (χ2v) is 5.67. The number of ether oxygens (including phenoxy) is 1. The van der Waals surface area contributed by atoms with Gasteiger partial charge in [-0.25, -0.2) is 4.98 Å². The molecule has 1 aromatic heterocycles. The maximum atomic E-state index is 12.9. The van der Waals surface area contributed by atoms with Gasteiger partial charge in [0.25, 0.3) is 0 Å². The van der Waals surface area contributed by atoms with E-state index in [2.05, 4.69) is 10.3 Å². The molecule has 0 aliphatic carbocycles. The van der Waals surface area contributed by atoms with Gasteiger partial charge in [0.05, 0.1) is 29.2 Å². The highest BCUT2D eigenvalue weighted by molar-refractivity contribution is 5.77. The maximum Gasteiger partial charge on any atom is 0.416 e. The summed E-state index contributed by atoms with van der Waals surface area (Å²) in [5, 5.41) is 3.36. The highest BCUT2D eigenvalue weighted by atomic mass is 19.4. The van der Waals surface area contributed by atoms with E-state index in [9.17, 15) is 13.2 Å². The quantitative estimate of drug-likeness (QED) is 0.854. The number of imidazole rings is 1. The van der Waals surface area contributed by atoms with Crippen LogP contribution in [0.4, 0.5) is 13.2 Å². The van der Waals surface area contributed by atoms with E-state index in [-0.39, 0.29) is 6.04 Å². The lowest BCUT2D eigenvalue weighted by atomic mass is 10.2. The molecule has 3 rings (SSSR count). The number of nitrogens with zero attached hydrogens (tertiary/aromatic N) is 2. The van der Waals surface area contributed by atoms with Crippen molar-refractivity contribution in [2.24, 2.45) is 0 Å². The fraction of sp³-hybridized carbons (Fsp3) is 0.562. The van der Waals surface area contributed by atoms with Crippen molar-refractivity contribution in [1.29, 1.82) is 0 Å². The van der Waals surface area contributed by atoms with Gasteiger partial charge in [-0.1, -0.05) is 0 Å². The summed E-state index contributed by atoms with van der Waals surface area (Å²) < 4.78 is 46.1. The first-order chi connectivity index (χ1) is 11.0. The summed E-state index contributed by atoms with van der Waals surface area (Å²) in [5.41, 5.74) is 0.451. The van der Waals surface area contributed by atoms with Gasteiger partial charge in [-0.3, -0.25) is 0 Å². The van der Waals surface area contributed by atoms with Crippen molar-refractivity contribution < 1.29 is 17.9 Å². The van der Waals surface area contributed by atoms with Crippen LogP contribution in [0.25, 0.3) is 11.0 Å². The van der Waals surface area contributed by atoms with E-state index in [0.717, 1.165) is 42.9 Å². The van der Waals surface area contributed by atoms with E-state index in [1.807, 2.05) is 11.5 Å². The number of benzene rings is 1. The number of alkyl halides is 3. The minimum Gasteiger partial charge on any atom is -0.380 e. The third-order valence-corrected chi connectivity index (χ3v) is 4.14. The molecule has 126 valence electrons. The van der Waals surface area contributed by atoms with Crippen molar-refractivity contribution in [2.75, 3.05) is 19.8 Å². The highest BCUT2D eigenvalue weighted by Gasteiger charge is 2.31. The van der Waals surface area contributed by atoms with Crippen LogP contribution >= 0.6 is 0 Å². The van der Waals surface area contributed by atoms with Crippen molar-refractivity contribution in [3.63, 3.8) is 0 Å². The van der Waals surface area contributed by atoms with Gasteiger partial charge in [-0.2, -0.15) is 13.2 Å². The van der Waals surface area contributed by atoms with Gasteiger partial charge in [0.15, 0.2) is 0 Å². The minimum absolute atomic E-state index is 0.0957. The Hall–Kier alpha value is -1.60. The Balaban J connectivity index is 2.02. The second-order valence-electron chi connectivity index (χ2n) is 5.67. The Labute approximate surface area is 132 Å². The van der Waals surface area contributed by atoms with Crippen molar-refractivity contribution in [3.05, 3.63) is 29.6 Å². The Morgan fingerprint density at radius 3 is 2.87 bits per heavy atom. The zero-order chi connectivity index (χ0) is 16.4. The van der Waals surface area contributed by atoms with Crippen molar-refractivity contribution in [1.82, 2.24) is 14.9 Å². The van der Waals surface area contributed by atoms with Crippen molar-refractivity contribution >= 4 is 11.0 Å². The summed E-state index contributed by atoms with van der Waals surface area (Å²) in [6.07, 6.45) is -2.35. The molecule has 1 fully saturated rings. The van der Waals surface area contributed by atoms with Crippen LogP contribution in [0.2, 0.25) is 0 Å². The third-order valence-electron chi connectivity index (χ3n) is 4.14. The molecule has 4 nitrogen and oxygen atoms in total. The molecule has 1 aliphatic rings. The number of rotatable bonds is 5. The molecule has 1 N–H and O–H groups in total. The van der Waals surface area contributed by atoms with Crippen molar-refractivity contribution in [3.8, 4) is 0 Å². The summed E-state index contributed by atoms with van der Waals surface area (Å²) in [7, 11) is 0. The summed E-state index contributed by atoms with van der Waals surface area (Å²) in [4.78, 5) is 4.49. The number of nitrogens with one attached hydrogen (secondary N) is 1. The van der Waals surface area contributed by atoms with E-state index in [4.69, 9.17) is 4.74 Å². The SMILES string of the molecule is CCOCCn1c(C2CCCN2)nc2cc(C(F)(F)F)ccc21. The van der Waals surface area contributed by atoms with E-state index in [1.165, 1.54) is 6.07 Å². The van der Waals surface area contributed by atoms with Crippen LogP contribution in [-0.2, 0) is 17.5 Å². The molecule has 0 radical (unpaired) electrons. The minimum atomic E-state index is -4.35. The fourth-order valence-electron chi connectivity index (χ4n) is 3.03. The van der Waals surface area contributed by atoms with E-state index < -0.39 is 11.7 Å². The van der Waals surface area contributed by atoms with Crippen LogP contribution in [0.1, 0.15) is 37.2 Å². The Morgan fingerprint density at radius 2 is 2.22 bits per heavy atom. The molecule has 7 heteroatoms. The average molecular weight is 327 g/mol. The largest absolute Gasteiger partial charge is 0.416 e. The Kier molecular flexibility index (Phi) is 4.59. The first-order valence-corrected chi connectivity index (χ1v) is 7.89. The molecule has 0 amide bonds. The summed E-state index contributed by atoms with van der Waals surface area (Å²) in [6, 6.07) is 3.85. The normalized spacial score (nSPS) is 18.9. The molecule has 23 heavy (non-hydrogen) atoms. The number of hydrogen-bond donors (Lipinski definition) is 1. The van der Waals surface area contributed by atoms with Crippen LogP contribution in [0.15, 0.2) is 18.2 Å². The van der Waals surface area contributed by atoms with Gasteiger partial charge in [0.1, 0.15) is 5.82 Å². The lowest BCUT2D eigenvalue weighted by molar-refractivity contribution is -0.137. The molecular formula is C16H20F3N3O. The smallest absolute Gasteiger partial charge is 0.380 e. The number of halogens is 3. The number of hydrogen-bond acceptors (Lipinski definition) is 3. The lowest BCUT2D eigenvalue weighted by Crippen LogP contribution is -2.19. The van der Waals surface area contributed by atoms with Gasteiger partial charge in [-0.15, -0.1) is 0 Å². The van der Waals surface area contributed by atoms with Crippen LogP contribution < -0.4 is 5.32 Å². The third kappa shape index (κ3) is 3.35. The molecule has 1 unspecified atom stereocenters. The molecule has 0 spiro atoms. The number of fused-ring (bicyclic) bond motifs is 1. The predicted molar refractivity (Wildman–Crippen MR) is 81.2 cm³/mol. The molecule has 1 atom stereocenters. The van der Waals surface area contributed by atoms with Gasteiger partial charge < -0.3 is 14.6 Å². The monoisotopic (exact) mass is 327 g/mol. The molecule has 2 aromatic rings. The van der Waals surface area contributed by atoms with Gasteiger partial charge in [0.2, 0.25) is 0 Å². The molecule has 0 saturated carbocycles. The van der Waals surface area contributed by atoms with Crippen LogP contribution in [-0.4, -0.2) is 29.3 Å². The zero-order valence-corrected chi connectivity index (χ0v) is 13.0. The van der Waals surface area contributed by atoms with Gasteiger partial charge in [0, 0.05) is 13.2 Å². The first-order valence-electron chi connectivity index (χ1n) is 7.89. The van der Waals surface area contributed by atoms with E-state index in [1.54, 1.807) is 0 Å². The molecular weight excluding hydrogens is 307 g/mol. The molecule has 0 bridgehead atoms. The summed E-state index contributed by atoms with van der Waals surface area (Å²) >= 11 is 0. The van der Waals surface area contributed by atoms with Crippen LogP contribution in [0, 0.1) is 0 Å². The highest BCUT2D eigenvalue weighted by Crippen LogP contribution is 2.33. The van der Waals surface area contributed by atoms with E-state index in [0.29, 0.717) is 25.3 Å². The zero-order valence-electron chi connectivity index (χ0n) is 13.0. The Morgan fingerprint density at radius 1 is 1.39 bits per heavy atom. The molecule has 2 heterocycles. The van der Waals surface area contributed by atoms with E-state index >= 15 is 0 Å². The molecule has 1 aromatic carbocycles. The topological polar surface area (TPSA) is 39.1 Å². The van der Waals surface area contributed by atoms with Gasteiger partial charge >= 0.3 is 6.18 Å². The predicted octanol–water partition coefficient (Wildman–Crippen LogP) is 3.52. The summed E-state index contributed by atoms with van der Waals surface area (Å²) in [5.74, 6) is 0.802. The first kappa shape index (κ1) is 16.3. The van der Waals surface area contributed by atoms with Gasteiger partial charge in [-0.05, 0) is 44.5 Å². The maximum absolute atomic E-state index is 12.9. The van der Waals surface area contributed by atoms with Crippen LogP contribution in [0.3, 0.4) is 0 Å².